The summed E-state index contributed by atoms with van der Waals surface area (Å²) in [6.45, 7) is 7.53. The van der Waals surface area contributed by atoms with E-state index in [0.29, 0.717) is 22.0 Å². The quantitative estimate of drug-likeness (QED) is 0.363. The Kier molecular flexibility index (Phi) is 5.81. The molecule has 0 aliphatic carbocycles. The fourth-order valence-electron chi connectivity index (χ4n) is 2.82. The van der Waals surface area contributed by atoms with Crippen LogP contribution < -0.4 is 10.3 Å². The number of carbonyl (C=O) groups excluding carboxylic acids is 1. The molecule has 0 fully saturated rings. The average molecular weight is 419 g/mol. The number of carbonyl (C=O) groups is 1. The van der Waals surface area contributed by atoms with Gasteiger partial charge in [0.05, 0.1) is 19.1 Å². The third kappa shape index (κ3) is 3.93. The van der Waals surface area contributed by atoms with E-state index in [2.05, 4.69) is 9.97 Å². The molecule has 1 aromatic carbocycles. The lowest BCUT2D eigenvalue weighted by Crippen LogP contribution is -2.30. The number of rotatable bonds is 6. The Morgan fingerprint density at radius 2 is 2.11 bits per heavy atom. The molecule has 0 unspecified atom stereocenters. The number of aromatic nitrogens is 2. The number of fused-ring (bicyclic) bond motifs is 1. The van der Waals surface area contributed by atoms with Crippen LogP contribution in [0.25, 0.3) is 21.3 Å². The molecule has 0 spiro atoms. The van der Waals surface area contributed by atoms with Crippen molar-refractivity contribution < 1.29 is 14.3 Å². The first-order chi connectivity index (χ1) is 13.3. The molecule has 0 aliphatic heterocycles. The largest absolute Gasteiger partial charge is 0.496 e. The number of nitrogens with zero attached hydrogens (tertiary/aromatic N) is 1. The molecule has 0 aliphatic rings. The van der Waals surface area contributed by atoms with Gasteiger partial charge in [-0.3, -0.25) is 9.59 Å². The molecule has 0 amide bonds. The second kappa shape index (κ2) is 7.97. The minimum absolute atomic E-state index is 0.225. The molecule has 0 radical (unpaired) electrons. The normalized spacial score (nSPS) is 11.6. The summed E-state index contributed by atoms with van der Waals surface area (Å²) in [4.78, 5) is 32.9. The number of hydrogen-bond donors (Lipinski definition) is 1. The number of aromatic amines is 1. The van der Waals surface area contributed by atoms with Crippen molar-refractivity contribution in [3.63, 3.8) is 0 Å². The predicted molar refractivity (Wildman–Crippen MR) is 114 cm³/mol. The van der Waals surface area contributed by atoms with Gasteiger partial charge in [-0.1, -0.05) is 17.8 Å². The van der Waals surface area contributed by atoms with Crippen LogP contribution in [0, 0.1) is 6.92 Å². The monoisotopic (exact) mass is 418 g/mol. The molecular weight excluding hydrogens is 396 g/mol. The maximum atomic E-state index is 12.8. The van der Waals surface area contributed by atoms with Crippen molar-refractivity contribution >= 4 is 39.3 Å². The summed E-state index contributed by atoms with van der Waals surface area (Å²) in [5.41, 5.74) is 2.54. The molecule has 28 heavy (non-hydrogen) atoms. The molecule has 6 nitrogen and oxygen atoms in total. The number of nitrogens with one attached hydrogen (secondary N) is 1. The van der Waals surface area contributed by atoms with Crippen molar-refractivity contribution in [2.45, 2.75) is 37.6 Å². The van der Waals surface area contributed by atoms with Gasteiger partial charge in [-0.2, -0.15) is 0 Å². The Hall–Kier alpha value is -2.32. The van der Waals surface area contributed by atoms with Crippen LogP contribution in [0.5, 0.6) is 5.75 Å². The number of thiophene rings is 1. The Morgan fingerprint density at radius 1 is 1.36 bits per heavy atom. The van der Waals surface area contributed by atoms with Crippen molar-refractivity contribution in [2.24, 2.45) is 0 Å². The standard InChI is InChI=1S/C20H22N2O4S2/c1-6-26-18(24)20(3,4)28-19-21-16(23)15-13(10-27-17(15)22-19)12-7-8-14(25-5)11(2)9-12/h7-10H,6H2,1-5H3,(H,21,22,23). The molecule has 2 heterocycles. The summed E-state index contributed by atoms with van der Waals surface area (Å²) in [6.07, 6.45) is 0. The smallest absolute Gasteiger partial charge is 0.322 e. The van der Waals surface area contributed by atoms with Crippen molar-refractivity contribution in [3.05, 3.63) is 39.5 Å². The molecule has 0 saturated carbocycles. The number of hydrogen-bond acceptors (Lipinski definition) is 7. The summed E-state index contributed by atoms with van der Waals surface area (Å²) < 4.78 is 9.56. The molecule has 0 saturated heterocycles. The number of methoxy groups -OCH3 is 1. The van der Waals surface area contributed by atoms with E-state index in [0.717, 1.165) is 22.4 Å². The molecule has 0 atom stereocenters. The van der Waals surface area contributed by atoms with Gasteiger partial charge in [0.1, 0.15) is 15.3 Å². The van der Waals surface area contributed by atoms with Crippen LogP contribution in [-0.4, -0.2) is 34.4 Å². The van der Waals surface area contributed by atoms with Crippen molar-refractivity contribution in [1.29, 1.82) is 0 Å². The van der Waals surface area contributed by atoms with E-state index in [1.807, 2.05) is 30.5 Å². The maximum absolute atomic E-state index is 12.8. The lowest BCUT2D eigenvalue weighted by Gasteiger charge is -2.20. The Labute approximate surface area is 171 Å². The summed E-state index contributed by atoms with van der Waals surface area (Å²) in [6, 6.07) is 5.81. The van der Waals surface area contributed by atoms with E-state index < -0.39 is 4.75 Å². The first kappa shape index (κ1) is 20.4. The first-order valence-corrected chi connectivity index (χ1v) is 10.5. The van der Waals surface area contributed by atoms with E-state index in [1.54, 1.807) is 27.9 Å². The van der Waals surface area contributed by atoms with Gasteiger partial charge in [-0.15, -0.1) is 11.3 Å². The van der Waals surface area contributed by atoms with Crippen LogP contribution >= 0.6 is 23.1 Å². The number of H-pyrrole nitrogens is 1. The first-order valence-electron chi connectivity index (χ1n) is 8.79. The van der Waals surface area contributed by atoms with Crippen LogP contribution in [0.2, 0.25) is 0 Å². The van der Waals surface area contributed by atoms with Crippen LogP contribution in [0.4, 0.5) is 0 Å². The molecule has 0 bridgehead atoms. The molecule has 148 valence electrons. The van der Waals surface area contributed by atoms with Gasteiger partial charge in [0.15, 0.2) is 5.16 Å². The third-order valence-electron chi connectivity index (χ3n) is 4.25. The minimum Gasteiger partial charge on any atom is -0.496 e. The molecule has 8 heteroatoms. The molecule has 2 aromatic heterocycles. The molecule has 1 N–H and O–H groups in total. The zero-order valence-electron chi connectivity index (χ0n) is 16.4. The van der Waals surface area contributed by atoms with Gasteiger partial charge in [0, 0.05) is 10.9 Å². The summed E-state index contributed by atoms with van der Waals surface area (Å²) in [5, 5.41) is 2.88. The van der Waals surface area contributed by atoms with E-state index in [1.165, 1.54) is 23.1 Å². The highest BCUT2D eigenvalue weighted by molar-refractivity contribution is 8.01. The van der Waals surface area contributed by atoms with E-state index in [-0.39, 0.29) is 11.5 Å². The lowest BCUT2D eigenvalue weighted by atomic mass is 10.0. The highest BCUT2D eigenvalue weighted by Crippen LogP contribution is 2.36. The van der Waals surface area contributed by atoms with Crippen molar-refractivity contribution in [1.82, 2.24) is 9.97 Å². The van der Waals surface area contributed by atoms with E-state index >= 15 is 0 Å². The zero-order chi connectivity index (χ0) is 20.5. The second-order valence-electron chi connectivity index (χ2n) is 6.72. The van der Waals surface area contributed by atoms with Crippen molar-refractivity contribution in [3.8, 4) is 16.9 Å². The number of ether oxygens (including phenoxy) is 2. The second-order valence-corrected chi connectivity index (χ2v) is 9.19. The fourth-order valence-corrected chi connectivity index (χ4v) is 4.74. The summed E-state index contributed by atoms with van der Waals surface area (Å²) in [5.74, 6) is 0.457. The van der Waals surface area contributed by atoms with Crippen molar-refractivity contribution in [2.75, 3.05) is 13.7 Å². The van der Waals surface area contributed by atoms with Gasteiger partial charge < -0.3 is 14.5 Å². The zero-order valence-corrected chi connectivity index (χ0v) is 18.0. The van der Waals surface area contributed by atoms with Crippen LogP contribution in [0.15, 0.2) is 33.5 Å². The Bertz CT molecular complexity index is 1090. The maximum Gasteiger partial charge on any atom is 0.322 e. The van der Waals surface area contributed by atoms with E-state index in [4.69, 9.17) is 9.47 Å². The summed E-state index contributed by atoms with van der Waals surface area (Å²) >= 11 is 2.59. The molecule has 3 rings (SSSR count). The Balaban J connectivity index is 2.00. The van der Waals surface area contributed by atoms with Crippen LogP contribution in [0.3, 0.4) is 0 Å². The van der Waals surface area contributed by atoms with Gasteiger partial charge in [0.2, 0.25) is 0 Å². The SMILES string of the molecule is CCOC(=O)C(C)(C)Sc1nc2scc(-c3ccc(OC)c(C)c3)c2c(=O)[nH]1. The van der Waals surface area contributed by atoms with Gasteiger partial charge in [0.25, 0.3) is 5.56 Å². The third-order valence-corrected chi connectivity index (χ3v) is 6.18. The van der Waals surface area contributed by atoms with Gasteiger partial charge >= 0.3 is 5.97 Å². The minimum atomic E-state index is -0.854. The number of aryl methyl sites for hydroxylation is 1. The molecule has 3 aromatic rings. The average Bonchev–Trinajstić information content (AvgIpc) is 3.06. The van der Waals surface area contributed by atoms with Crippen LogP contribution in [0.1, 0.15) is 26.3 Å². The Morgan fingerprint density at radius 3 is 2.75 bits per heavy atom. The van der Waals surface area contributed by atoms with Gasteiger partial charge in [-0.25, -0.2) is 4.98 Å². The lowest BCUT2D eigenvalue weighted by molar-refractivity contribution is -0.145. The highest BCUT2D eigenvalue weighted by atomic mass is 32.2. The highest BCUT2D eigenvalue weighted by Gasteiger charge is 2.32. The van der Waals surface area contributed by atoms with Crippen LogP contribution in [-0.2, 0) is 9.53 Å². The molecular formula is C20H22N2O4S2. The van der Waals surface area contributed by atoms with Gasteiger partial charge in [-0.05, 0) is 51.0 Å². The summed E-state index contributed by atoms with van der Waals surface area (Å²) in [7, 11) is 1.63. The number of thioether (sulfide) groups is 1. The van der Waals surface area contributed by atoms with E-state index in [9.17, 15) is 9.59 Å². The number of benzene rings is 1. The fraction of sp³-hybridized carbons (Fsp3) is 0.350. The topological polar surface area (TPSA) is 81.3 Å². The number of esters is 1. The predicted octanol–water partition coefficient (Wildman–Crippen LogP) is 4.40.